The molecule has 0 spiro atoms. The molecule has 2 unspecified atom stereocenters. The molecule has 4 aliphatic heterocycles. The predicted octanol–water partition coefficient (Wildman–Crippen LogP) is 9.52. The summed E-state index contributed by atoms with van der Waals surface area (Å²) in [5.74, 6) is 16.7. The fraction of sp³-hybridized carbons (Fsp3) is 0.432. The van der Waals surface area contributed by atoms with Crippen LogP contribution >= 0.6 is 0 Å². The van der Waals surface area contributed by atoms with E-state index >= 15 is 0 Å². The molecule has 4 saturated heterocycles. The van der Waals surface area contributed by atoms with E-state index in [0.717, 1.165) is 64.3 Å². The molecule has 0 amide bonds. The van der Waals surface area contributed by atoms with Gasteiger partial charge in [0.05, 0.1) is 0 Å². The summed E-state index contributed by atoms with van der Waals surface area (Å²) in [6.07, 6.45) is 26.8. The quantitative estimate of drug-likeness (QED) is 0.0630. The Morgan fingerprint density at radius 3 is 1.35 bits per heavy atom. The largest absolute Gasteiger partial charge is 1.00 e. The third-order valence-electron chi connectivity index (χ3n) is 19.9. The SMILES string of the molecule is C/C=C/c1ccc(CC/C=C/c2ccc(C)cc2-c2nnc(-c3ccc(C(C)(C)C)cc3)o2)cc1.Cc1ccc(CC(CCc2ccc(CC(C)[S+]3CCCC3)cc2)[S+]2CCCC2)c(-c2nnc(-c3ccc(C(C)(C)C)cc3)o2)c1.[Cl-].[Cl-].[Cl-].[Cl-].c1cc(C[S+]2CCCC2)ccc1C[S+]1CCCC1. The highest BCUT2D eigenvalue weighted by Gasteiger charge is 2.35. The van der Waals surface area contributed by atoms with Crippen molar-refractivity contribution in [3.63, 3.8) is 0 Å². The van der Waals surface area contributed by atoms with Crippen molar-refractivity contribution in [2.24, 2.45) is 0 Å². The summed E-state index contributed by atoms with van der Waals surface area (Å²) < 4.78 is 12.5. The molecule has 14 heteroatoms. The van der Waals surface area contributed by atoms with E-state index in [0.29, 0.717) is 72.4 Å². The number of rotatable bonds is 22. The lowest BCUT2D eigenvalue weighted by molar-refractivity contribution is -0.00100. The normalized spacial score (nSPS) is 15.8. The van der Waals surface area contributed by atoms with Gasteiger partial charge in [-0.1, -0.05) is 198 Å². The van der Waals surface area contributed by atoms with Crippen LogP contribution in [0.4, 0.5) is 0 Å². The molecule has 546 valence electrons. The van der Waals surface area contributed by atoms with Crippen LogP contribution in [-0.2, 0) is 91.6 Å². The van der Waals surface area contributed by atoms with E-state index in [4.69, 9.17) is 8.83 Å². The second-order valence-corrected chi connectivity index (χ2v) is 39.9. The number of hydrogen-bond donors (Lipinski definition) is 0. The smallest absolute Gasteiger partial charge is 0.248 e. The van der Waals surface area contributed by atoms with Gasteiger partial charge in [0, 0.05) is 46.2 Å². The van der Waals surface area contributed by atoms with Gasteiger partial charge < -0.3 is 58.5 Å². The topological polar surface area (TPSA) is 77.8 Å². The Kier molecular flexibility index (Phi) is 33.9. The lowest BCUT2D eigenvalue weighted by Gasteiger charge is -2.18. The number of aryl methyl sites for hydroxylation is 4. The molecule has 102 heavy (non-hydrogen) atoms. The minimum atomic E-state index is 0. The summed E-state index contributed by atoms with van der Waals surface area (Å²) in [7, 11) is 2.55. The Labute approximate surface area is 649 Å². The van der Waals surface area contributed by atoms with Gasteiger partial charge in [0.25, 0.3) is 0 Å². The molecule has 0 bridgehead atoms. The molecule has 6 nitrogen and oxygen atoms in total. The minimum Gasteiger partial charge on any atom is -1.00 e. The molecule has 0 radical (unpaired) electrons. The zero-order chi connectivity index (χ0) is 68.4. The summed E-state index contributed by atoms with van der Waals surface area (Å²) in [5, 5.41) is 19.3. The average molecular weight is 1530 g/mol. The number of aromatic nitrogens is 4. The average Bonchev–Trinajstić information content (AvgIpc) is 1.63. The third kappa shape index (κ3) is 24.7. The van der Waals surface area contributed by atoms with Crippen molar-refractivity contribution in [1.29, 1.82) is 0 Å². The van der Waals surface area contributed by atoms with Gasteiger partial charge in [0.15, 0.2) is 0 Å². The molecule has 13 rings (SSSR count). The highest BCUT2D eigenvalue weighted by atomic mass is 35.5. The van der Waals surface area contributed by atoms with Gasteiger partial charge in [-0.3, -0.25) is 0 Å². The van der Waals surface area contributed by atoms with Crippen LogP contribution in [0.15, 0.2) is 179 Å². The highest BCUT2D eigenvalue weighted by molar-refractivity contribution is 7.98. The Hall–Kier alpha value is -5.14. The van der Waals surface area contributed by atoms with Crippen molar-refractivity contribution in [2.45, 2.75) is 192 Å². The van der Waals surface area contributed by atoms with Crippen molar-refractivity contribution >= 4 is 55.7 Å². The van der Waals surface area contributed by atoms with E-state index in [1.807, 2.05) is 6.92 Å². The number of nitrogens with zero attached hydrogens (tertiary/aromatic N) is 4. The fourth-order valence-corrected chi connectivity index (χ4v) is 24.1. The van der Waals surface area contributed by atoms with E-state index in [-0.39, 0.29) is 60.5 Å². The first-order chi connectivity index (χ1) is 47.5. The van der Waals surface area contributed by atoms with Gasteiger partial charge in [0.1, 0.15) is 68.0 Å². The molecule has 0 aliphatic carbocycles. The molecule has 4 aliphatic rings. The zero-order valence-electron chi connectivity index (χ0n) is 62.2. The number of allylic oxidation sites excluding steroid dienone is 2. The molecule has 6 heterocycles. The van der Waals surface area contributed by atoms with Crippen molar-refractivity contribution in [2.75, 3.05) is 46.0 Å². The maximum atomic E-state index is 6.36. The van der Waals surface area contributed by atoms with Crippen molar-refractivity contribution in [3.8, 4) is 45.8 Å². The molecule has 2 atom stereocenters. The van der Waals surface area contributed by atoms with E-state index in [9.17, 15) is 0 Å². The molecular weight excluding hydrogens is 1420 g/mol. The number of hydrogen-bond acceptors (Lipinski definition) is 6. The summed E-state index contributed by atoms with van der Waals surface area (Å²) in [5.41, 5.74) is 20.3. The molecule has 0 N–H and O–H groups in total. The first-order valence-corrected chi connectivity index (χ1v) is 43.4. The maximum absolute atomic E-state index is 6.36. The molecule has 2 aromatic heterocycles. The predicted molar refractivity (Wildman–Crippen MR) is 430 cm³/mol. The first-order valence-electron chi connectivity index (χ1n) is 36.7. The maximum Gasteiger partial charge on any atom is 0.248 e. The van der Waals surface area contributed by atoms with Gasteiger partial charge in [0.2, 0.25) is 23.6 Å². The van der Waals surface area contributed by atoms with Crippen molar-refractivity contribution < 1.29 is 58.5 Å². The van der Waals surface area contributed by atoms with Crippen molar-refractivity contribution in [1.82, 2.24) is 20.4 Å². The van der Waals surface area contributed by atoms with E-state index in [1.54, 1.807) is 11.1 Å². The Morgan fingerprint density at radius 1 is 0.431 bits per heavy atom. The Balaban J connectivity index is 0.000000227. The van der Waals surface area contributed by atoms with E-state index in [2.05, 4.69) is 265 Å². The molecule has 0 saturated carbocycles. The van der Waals surface area contributed by atoms with Crippen LogP contribution < -0.4 is 49.6 Å². The van der Waals surface area contributed by atoms with Crippen LogP contribution in [0.2, 0.25) is 0 Å². The molecule has 7 aromatic carbocycles. The Bertz CT molecular complexity index is 3950. The molecule has 9 aromatic rings. The van der Waals surface area contributed by atoms with Gasteiger partial charge in [-0.25, -0.2) is 0 Å². The second kappa shape index (κ2) is 41.1. The lowest BCUT2D eigenvalue weighted by Crippen LogP contribution is -3.00. The monoisotopic (exact) mass is 1520 g/mol. The first kappa shape index (κ1) is 84.1. The van der Waals surface area contributed by atoms with Gasteiger partial charge in [-0.15, -0.1) is 20.4 Å². The van der Waals surface area contributed by atoms with Gasteiger partial charge in [-0.2, -0.15) is 0 Å². The lowest BCUT2D eigenvalue weighted by atomic mass is 9.87. The van der Waals surface area contributed by atoms with Gasteiger partial charge >= 0.3 is 0 Å². The van der Waals surface area contributed by atoms with Crippen LogP contribution in [0.25, 0.3) is 58.0 Å². The highest BCUT2D eigenvalue weighted by Crippen LogP contribution is 2.35. The number of halogens is 4. The van der Waals surface area contributed by atoms with E-state index < -0.39 is 0 Å². The third-order valence-corrected chi connectivity index (χ3v) is 30.8. The summed E-state index contributed by atoms with van der Waals surface area (Å²) >= 11 is 0. The van der Waals surface area contributed by atoms with Crippen LogP contribution in [0, 0.1) is 13.8 Å². The zero-order valence-corrected chi connectivity index (χ0v) is 68.5. The fourth-order valence-electron chi connectivity index (χ4n) is 13.9. The van der Waals surface area contributed by atoms with Crippen molar-refractivity contribution in [3.05, 3.63) is 237 Å². The summed E-state index contributed by atoms with van der Waals surface area (Å²) in [6.45, 7) is 22.1. The minimum absolute atomic E-state index is 0. The second-order valence-electron chi connectivity index (χ2n) is 30.0. The Morgan fingerprint density at radius 2 is 0.853 bits per heavy atom. The van der Waals surface area contributed by atoms with Crippen LogP contribution in [0.5, 0.6) is 0 Å². The van der Waals surface area contributed by atoms with Crippen LogP contribution in [0.1, 0.15) is 186 Å². The summed E-state index contributed by atoms with van der Waals surface area (Å²) in [4.78, 5) is 0. The number of benzene rings is 7. The standard InChI is InChI=1S/C40H52N2OS2.C32H34N2O.C16H24S2.4ClH/c1-29-10-16-34(37(26-29)39-42-41-38(43-39)33-17-19-35(20-18-33)40(3,4)5)28-36(45-24-8-9-25-45)21-15-31-11-13-32(14-12-31)27-30(2)44-22-6-7-23-44;1-6-9-24-13-15-25(16-14-24)10-7-8-11-26-17-12-23(2)22-29(26)31-34-33-30(35-31)27-18-20-28(21-19-27)32(3,4)5;1-2-10-17(9-1)13-15-5-7-16(8-6-15)14-18-11-3-4-12-18;;;;/h10-14,16-20,26,30,36H,6-9,15,21-25,27-28H2,1-5H3;6,8-9,11-22H,7,10H2,1-5H3;5-8H,1-4,9-14H2;4*1H/q+2;;+2;;;;/p-4/b;9-6+,11-8+;;;;;. The van der Waals surface area contributed by atoms with Crippen LogP contribution in [0.3, 0.4) is 0 Å². The molecule has 4 fully saturated rings. The van der Waals surface area contributed by atoms with Gasteiger partial charge in [-0.05, 0) is 240 Å². The summed E-state index contributed by atoms with van der Waals surface area (Å²) in [6, 6.07) is 58.1. The molecular formula is C88H110Cl4N4O2S4. The van der Waals surface area contributed by atoms with E-state index in [1.165, 1.54) is 166 Å². The van der Waals surface area contributed by atoms with Crippen LogP contribution in [-0.4, -0.2) is 76.9 Å².